The van der Waals surface area contributed by atoms with Crippen LogP contribution in [0.2, 0.25) is 0 Å². The molecule has 1 atom stereocenters. The molecule has 3 aromatic rings. The summed E-state index contributed by atoms with van der Waals surface area (Å²) in [4.78, 5) is 23.4. The van der Waals surface area contributed by atoms with E-state index in [4.69, 9.17) is 0 Å². The molecule has 6 nitrogen and oxygen atoms in total. The zero-order valence-electron chi connectivity index (χ0n) is 16.4. The van der Waals surface area contributed by atoms with Crippen LogP contribution in [-0.4, -0.2) is 35.0 Å². The minimum Gasteiger partial charge on any atom is -0.364 e. The van der Waals surface area contributed by atoms with E-state index in [2.05, 4.69) is 25.5 Å². The summed E-state index contributed by atoms with van der Waals surface area (Å²) in [6, 6.07) is 13.5. The predicted molar refractivity (Wildman–Crippen MR) is 112 cm³/mol. The molecule has 0 aliphatic carbocycles. The van der Waals surface area contributed by atoms with Crippen molar-refractivity contribution >= 4 is 23.2 Å². The van der Waals surface area contributed by atoms with Crippen molar-refractivity contribution in [2.75, 3.05) is 28.6 Å². The van der Waals surface area contributed by atoms with Gasteiger partial charge in [0.2, 0.25) is 0 Å². The van der Waals surface area contributed by atoms with Crippen molar-refractivity contribution in [1.29, 1.82) is 0 Å². The van der Waals surface area contributed by atoms with Crippen LogP contribution in [0.15, 0.2) is 67.0 Å². The predicted octanol–water partition coefficient (Wildman–Crippen LogP) is 4.44. The van der Waals surface area contributed by atoms with E-state index in [9.17, 15) is 18.0 Å². The maximum Gasteiger partial charge on any atom is 0.416 e. The van der Waals surface area contributed by atoms with Gasteiger partial charge in [-0.1, -0.05) is 12.1 Å². The highest BCUT2D eigenvalue weighted by atomic mass is 19.4. The van der Waals surface area contributed by atoms with E-state index in [1.165, 1.54) is 12.1 Å². The van der Waals surface area contributed by atoms with Gasteiger partial charge in [-0.3, -0.25) is 4.79 Å². The molecule has 0 saturated carbocycles. The topological polar surface area (TPSA) is 70.2 Å². The van der Waals surface area contributed by atoms with Gasteiger partial charge >= 0.3 is 6.18 Å². The fourth-order valence-electron chi connectivity index (χ4n) is 3.47. The summed E-state index contributed by atoms with van der Waals surface area (Å²) in [5, 5.41) is 5.99. The lowest BCUT2D eigenvalue weighted by Crippen LogP contribution is -2.27. The van der Waals surface area contributed by atoms with Gasteiger partial charge in [0.05, 0.1) is 11.3 Å². The zero-order chi connectivity index (χ0) is 21.8. The Hall–Kier alpha value is -3.62. The fourth-order valence-corrected chi connectivity index (χ4v) is 3.47. The quantitative estimate of drug-likeness (QED) is 0.630. The second-order valence-electron chi connectivity index (χ2n) is 7.20. The molecule has 160 valence electrons. The summed E-state index contributed by atoms with van der Waals surface area (Å²) in [7, 11) is 0. The van der Waals surface area contributed by atoms with Crippen molar-refractivity contribution in [2.24, 2.45) is 0 Å². The van der Waals surface area contributed by atoms with Crippen LogP contribution >= 0.6 is 0 Å². The van der Waals surface area contributed by atoms with E-state index in [1.807, 2.05) is 18.2 Å². The Bertz CT molecular complexity index is 1060. The van der Waals surface area contributed by atoms with Crippen molar-refractivity contribution in [3.05, 3.63) is 78.1 Å². The molecule has 1 saturated heterocycles. The number of hydrogen-bond donors (Lipinski definition) is 2. The van der Waals surface area contributed by atoms with Crippen LogP contribution in [0.4, 0.5) is 30.5 Å². The third-order valence-corrected chi connectivity index (χ3v) is 5.01. The lowest BCUT2D eigenvalue weighted by atomic mass is 10.1. The number of nitrogens with one attached hydrogen (secondary N) is 2. The van der Waals surface area contributed by atoms with Crippen LogP contribution in [0.1, 0.15) is 22.3 Å². The molecule has 9 heteroatoms. The third-order valence-electron chi connectivity index (χ3n) is 5.01. The number of rotatable bonds is 5. The van der Waals surface area contributed by atoms with Gasteiger partial charge in [-0.15, -0.1) is 0 Å². The van der Waals surface area contributed by atoms with Gasteiger partial charge < -0.3 is 15.5 Å². The average molecular weight is 427 g/mol. The number of carbonyl (C=O) groups is 1. The van der Waals surface area contributed by atoms with Crippen molar-refractivity contribution in [3.8, 4) is 0 Å². The molecule has 0 spiro atoms. The number of aromatic nitrogens is 2. The van der Waals surface area contributed by atoms with Crippen LogP contribution < -0.4 is 15.5 Å². The highest BCUT2D eigenvalue weighted by Crippen LogP contribution is 2.30. The number of nitrogens with zero attached hydrogens (tertiary/aromatic N) is 3. The molecule has 31 heavy (non-hydrogen) atoms. The van der Waals surface area contributed by atoms with Gasteiger partial charge in [-0.25, -0.2) is 9.97 Å². The molecule has 2 aromatic heterocycles. The van der Waals surface area contributed by atoms with Crippen molar-refractivity contribution in [2.45, 2.75) is 18.6 Å². The van der Waals surface area contributed by atoms with Crippen molar-refractivity contribution < 1.29 is 18.0 Å². The van der Waals surface area contributed by atoms with Crippen LogP contribution in [0, 0.1) is 0 Å². The Balaban J connectivity index is 1.45. The van der Waals surface area contributed by atoms with E-state index in [0.717, 1.165) is 30.9 Å². The monoisotopic (exact) mass is 427 g/mol. The zero-order valence-corrected chi connectivity index (χ0v) is 16.4. The van der Waals surface area contributed by atoms with Gasteiger partial charge in [0.1, 0.15) is 11.6 Å². The summed E-state index contributed by atoms with van der Waals surface area (Å²) in [5.41, 5.74) is -0.543. The Kier molecular flexibility index (Phi) is 5.75. The molecule has 1 unspecified atom stereocenters. The van der Waals surface area contributed by atoms with Gasteiger partial charge in [0, 0.05) is 37.1 Å². The number of anilines is 3. The fraction of sp³-hybridized carbons (Fsp3) is 0.227. The smallest absolute Gasteiger partial charge is 0.364 e. The molecule has 1 aliphatic rings. The molecule has 1 aromatic carbocycles. The van der Waals surface area contributed by atoms with Crippen molar-refractivity contribution in [3.63, 3.8) is 0 Å². The molecule has 1 amide bonds. The first kappa shape index (κ1) is 20.6. The number of pyridine rings is 2. The van der Waals surface area contributed by atoms with Crippen LogP contribution in [0.5, 0.6) is 0 Å². The molecule has 1 fully saturated rings. The van der Waals surface area contributed by atoms with Crippen LogP contribution in [0.3, 0.4) is 0 Å². The lowest BCUT2D eigenvalue weighted by molar-refractivity contribution is -0.137. The highest BCUT2D eigenvalue weighted by Gasteiger charge is 2.31. The molecular weight excluding hydrogens is 407 g/mol. The number of alkyl halides is 3. The summed E-state index contributed by atoms with van der Waals surface area (Å²) in [6.45, 7) is 1.54. The maximum atomic E-state index is 12.9. The number of benzene rings is 1. The van der Waals surface area contributed by atoms with E-state index in [0.29, 0.717) is 18.1 Å². The standard InChI is InChI=1S/C22H20F3N5O/c23-22(24,25)16-6-3-5-15(13-16)21(31)29-18-7-4-11-27-20(18)28-17-9-12-30(14-17)19-8-1-2-10-26-19/h1-8,10-11,13,17H,9,12,14H2,(H,27,28)(H,29,31). The molecular formula is C22H20F3N5O. The Labute approximate surface area is 177 Å². The molecule has 2 N–H and O–H groups in total. The van der Waals surface area contributed by atoms with Gasteiger partial charge in [0.25, 0.3) is 5.91 Å². The van der Waals surface area contributed by atoms with Crippen molar-refractivity contribution in [1.82, 2.24) is 9.97 Å². The van der Waals surface area contributed by atoms with E-state index in [-0.39, 0.29) is 11.6 Å². The molecule has 4 rings (SSSR count). The molecule has 0 radical (unpaired) electrons. The number of hydrogen-bond acceptors (Lipinski definition) is 5. The van der Waals surface area contributed by atoms with Gasteiger partial charge in [0.15, 0.2) is 0 Å². The lowest BCUT2D eigenvalue weighted by Gasteiger charge is -2.19. The normalized spacial score (nSPS) is 16.2. The van der Waals surface area contributed by atoms with Gasteiger partial charge in [-0.05, 0) is 48.9 Å². The SMILES string of the molecule is O=C(Nc1cccnc1NC1CCN(c2ccccn2)C1)c1cccc(C(F)(F)F)c1. The van der Waals surface area contributed by atoms with E-state index in [1.54, 1.807) is 24.5 Å². The summed E-state index contributed by atoms with van der Waals surface area (Å²) < 4.78 is 38.8. The summed E-state index contributed by atoms with van der Waals surface area (Å²) >= 11 is 0. The largest absolute Gasteiger partial charge is 0.416 e. The second kappa shape index (κ2) is 8.63. The maximum absolute atomic E-state index is 12.9. The first-order valence-corrected chi connectivity index (χ1v) is 9.76. The number of carbonyl (C=O) groups excluding carboxylic acids is 1. The Morgan fingerprint density at radius 2 is 1.87 bits per heavy atom. The third kappa shape index (κ3) is 4.93. The molecule has 0 bridgehead atoms. The summed E-state index contributed by atoms with van der Waals surface area (Å²) in [5.74, 6) is 0.727. The van der Waals surface area contributed by atoms with E-state index < -0.39 is 17.6 Å². The second-order valence-corrected chi connectivity index (χ2v) is 7.20. The molecule has 1 aliphatic heterocycles. The highest BCUT2D eigenvalue weighted by molar-refractivity contribution is 6.05. The molecule has 3 heterocycles. The van der Waals surface area contributed by atoms with Gasteiger partial charge in [-0.2, -0.15) is 13.2 Å². The number of halogens is 3. The summed E-state index contributed by atoms with van der Waals surface area (Å²) in [6.07, 6.45) is -0.322. The Morgan fingerprint density at radius 3 is 2.65 bits per heavy atom. The first-order chi connectivity index (χ1) is 14.9. The first-order valence-electron chi connectivity index (χ1n) is 9.76. The minimum atomic E-state index is -4.51. The van der Waals surface area contributed by atoms with Crippen LogP contribution in [-0.2, 0) is 6.18 Å². The average Bonchev–Trinajstić information content (AvgIpc) is 3.24. The number of amides is 1. The Morgan fingerprint density at radius 1 is 1.03 bits per heavy atom. The van der Waals surface area contributed by atoms with Crippen LogP contribution in [0.25, 0.3) is 0 Å². The van der Waals surface area contributed by atoms with E-state index >= 15 is 0 Å². The minimum absolute atomic E-state index is 0.0770.